The van der Waals surface area contributed by atoms with Crippen molar-refractivity contribution in [2.75, 3.05) is 6.61 Å². The second-order valence-corrected chi connectivity index (χ2v) is 5.48. The van der Waals surface area contributed by atoms with Gasteiger partial charge in [0, 0.05) is 30.1 Å². The fourth-order valence-corrected chi connectivity index (χ4v) is 2.63. The van der Waals surface area contributed by atoms with Gasteiger partial charge in [0.25, 0.3) is 0 Å². The molecule has 0 saturated heterocycles. The van der Waals surface area contributed by atoms with Crippen molar-refractivity contribution in [3.05, 3.63) is 23.3 Å². The Hall–Kier alpha value is -1.73. The van der Waals surface area contributed by atoms with E-state index in [1.807, 2.05) is 6.92 Å². The Labute approximate surface area is 127 Å². The fourth-order valence-electron chi connectivity index (χ4n) is 2.63. The lowest BCUT2D eigenvalue weighted by Crippen LogP contribution is -2.27. The number of fused-ring (bicyclic) bond motifs is 1. The number of nitrogens with zero attached hydrogens (tertiary/aromatic N) is 1. The molecule has 2 unspecified atom stereocenters. The molecule has 1 N–H and O–H groups in total. The SMILES string of the molecule is CCOc1cc2c(cc1CNC(CC)CC#N)OC(C)C2. The molecule has 2 rings (SSSR count). The maximum Gasteiger partial charge on any atom is 0.124 e. The number of rotatable bonds is 7. The summed E-state index contributed by atoms with van der Waals surface area (Å²) in [7, 11) is 0. The Morgan fingerprint density at radius 2 is 2.29 bits per heavy atom. The average Bonchev–Trinajstić information content (AvgIpc) is 2.82. The molecular formula is C17H24N2O2. The molecule has 0 radical (unpaired) electrons. The van der Waals surface area contributed by atoms with Gasteiger partial charge in [-0.3, -0.25) is 0 Å². The Bertz CT molecular complexity index is 522. The first-order chi connectivity index (χ1) is 10.2. The summed E-state index contributed by atoms with van der Waals surface area (Å²) < 4.78 is 11.6. The average molecular weight is 288 g/mol. The predicted octanol–water partition coefficient (Wildman–Crippen LogP) is 3.19. The van der Waals surface area contributed by atoms with Crippen LogP contribution in [-0.2, 0) is 13.0 Å². The normalized spacial score (nSPS) is 17.7. The lowest BCUT2D eigenvalue weighted by molar-refractivity contribution is 0.254. The number of ether oxygens (including phenoxy) is 2. The molecule has 0 amide bonds. The number of hydrogen-bond acceptors (Lipinski definition) is 4. The largest absolute Gasteiger partial charge is 0.494 e. The molecule has 114 valence electrons. The van der Waals surface area contributed by atoms with E-state index in [0.717, 1.165) is 29.9 Å². The summed E-state index contributed by atoms with van der Waals surface area (Å²) in [5.41, 5.74) is 2.32. The van der Waals surface area contributed by atoms with Crippen LogP contribution in [0.2, 0.25) is 0 Å². The van der Waals surface area contributed by atoms with E-state index >= 15 is 0 Å². The summed E-state index contributed by atoms with van der Waals surface area (Å²) in [5.74, 6) is 1.89. The van der Waals surface area contributed by atoms with Crippen LogP contribution >= 0.6 is 0 Å². The minimum atomic E-state index is 0.220. The van der Waals surface area contributed by atoms with Crippen molar-refractivity contribution in [3.8, 4) is 17.6 Å². The van der Waals surface area contributed by atoms with Gasteiger partial charge in [0.2, 0.25) is 0 Å². The van der Waals surface area contributed by atoms with Crippen LogP contribution in [-0.4, -0.2) is 18.8 Å². The third-order valence-electron chi connectivity index (χ3n) is 3.79. The Morgan fingerprint density at radius 1 is 1.48 bits per heavy atom. The Balaban J connectivity index is 2.14. The molecule has 0 saturated carbocycles. The molecule has 1 aliphatic rings. The standard InChI is InChI=1S/C17H24N2O2/c1-4-15(6-7-18)19-11-14-10-17-13(8-12(3)21-17)9-16(14)20-5-2/h9-10,12,15,19H,4-6,8,11H2,1-3H3. The van der Waals surface area contributed by atoms with Gasteiger partial charge < -0.3 is 14.8 Å². The molecule has 21 heavy (non-hydrogen) atoms. The van der Waals surface area contributed by atoms with Crippen LogP contribution in [0.3, 0.4) is 0 Å². The van der Waals surface area contributed by atoms with Crippen LogP contribution in [0, 0.1) is 11.3 Å². The van der Waals surface area contributed by atoms with Gasteiger partial charge in [0.15, 0.2) is 0 Å². The molecule has 1 aliphatic heterocycles. The van der Waals surface area contributed by atoms with Crippen LogP contribution in [0.4, 0.5) is 0 Å². The molecule has 4 nitrogen and oxygen atoms in total. The van der Waals surface area contributed by atoms with Crippen molar-refractivity contribution in [2.45, 2.75) is 58.7 Å². The van der Waals surface area contributed by atoms with Crippen LogP contribution in [0.15, 0.2) is 12.1 Å². The summed E-state index contributed by atoms with van der Waals surface area (Å²) in [6.45, 7) is 7.51. The molecule has 1 aromatic carbocycles. The van der Waals surface area contributed by atoms with E-state index in [9.17, 15) is 0 Å². The van der Waals surface area contributed by atoms with Crippen LogP contribution < -0.4 is 14.8 Å². The molecule has 0 spiro atoms. The van der Waals surface area contributed by atoms with E-state index < -0.39 is 0 Å². The van der Waals surface area contributed by atoms with E-state index in [2.05, 4.69) is 37.4 Å². The first-order valence-electron chi connectivity index (χ1n) is 7.73. The highest BCUT2D eigenvalue weighted by Crippen LogP contribution is 2.35. The van der Waals surface area contributed by atoms with Gasteiger partial charge >= 0.3 is 0 Å². The van der Waals surface area contributed by atoms with Gasteiger partial charge in [-0.1, -0.05) is 6.92 Å². The molecule has 0 bridgehead atoms. The maximum absolute atomic E-state index is 8.83. The highest BCUT2D eigenvalue weighted by molar-refractivity contribution is 5.48. The number of nitriles is 1. The van der Waals surface area contributed by atoms with Gasteiger partial charge in [-0.2, -0.15) is 5.26 Å². The zero-order valence-electron chi connectivity index (χ0n) is 13.1. The fraction of sp³-hybridized carbons (Fsp3) is 0.588. The highest BCUT2D eigenvalue weighted by atomic mass is 16.5. The zero-order valence-corrected chi connectivity index (χ0v) is 13.1. The quantitative estimate of drug-likeness (QED) is 0.837. The molecule has 1 heterocycles. The van der Waals surface area contributed by atoms with E-state index in [1.54, 1.807) is 0 Å². The summed E-state index contributed by atoms with van der Waals surface area (Å²) in [4.78, 5) is 0. The summed E-state index contributed by atoms with van der Waals surface area (Å²) in [5, 5.41) is 12.3. The molecule has 2 atom stereocenters. The second-order valence-electron chi connectivity index (χ2n) is 5.48. The van der Waals surface area contributed by atoms with Crippen LogP contribution in [0.25, 0.3) is 0 Å². The first kappa shape index (κ1) is 15.7. The van der Waals surface area contributed by atoms with Gasteiger partial charge in [-0.05, 0) is 32.4 Å². The molecule has 1 aromatic rings. The third-order valence-corrected chi connectivity index (χ3v) is 3.79. The van der Waals surface area contributed by atoms with Gasteiger partial charge in [0.05, 0.1) is 19.1 Å². The van der Waals surface area contributed by atoms with Gasteiger partial charge in [-0.25, -0.2) is 0 Å². The Kier molecular flexibility index (Phi) is 5.46. The predicted molar refractivity (Wildman–Crippen MR) is 82.6 cm³/mol. The van der Waals surface area contributed by atoms with Crippen molar-refractivity contribution >= 4 is 0 Å². The zero-order chi connectivity index (χ0) is 15.2. The van der Waals surface area contributed by atoms with Gasteiger partial charge in [0.1, 0.15) is 17.6 Å². The van der Waals surface area contributed by atoms with Crippen molar-refractivity contribution in [2.24, 2.45) is 0 Å². The lowest BCUT2D eigenvalue weighted by Gasteiger charge is -2.17. The molecule has 0 aliphatic carbocycles. The minimum absolute atomic E-state index is 0.220. The van der Waals surface area contributed by atoms with Crippen molar-refractivity contribution in [1.29, 1.82) is 5.26 Å². The number of nitrogens with one attached hydrogen (secondary N) is 1. The maximum atomic E-state index is 8.83. The second kappa shape index (κ2) is 7.33. The molecule has 0 aromatic heterocycles. The molecular weight excluding hydrogens is 264 g/mol. The monoisotopic (exact) mass is 288 g/mol. The molecule has 4 heteroatoms. The van der Waals surface area contributed by atoms with Crippen LogP contribution in [0.1, 0.15) is 44.7 Å². The minimum Gasteiger partial charge on any atom is -0.494 e. The first-order valence-corrected chi connectivity index (χ1v) is 7.73. The summed E-state index contributed by atoms with van der Waals surface area (Å²) in [6.07, 6.45) is 2.64. The van der Waals surface area contributed by atoms with E-state index in [1.165, 1.54) is 5.56 Å². The summed E-state index contributed by atoms with van der Waals surface area (Å²) in [6, 6.07) is 6.62. The number of benzene rings is 1. The molecule has 0 fully saturated rings. The van der Waals surface area contributed by atoms with E-state index in [4.69, 9.17) is 14.7 Å². The van der Waals surface area contributed by atoms with Crippen molar-refractivity contribution in [3.63, 3.8) is 0 Å². The number of hydrogen-bond donors (Lipinski definition) is 1. The Morgan fingerprint density at radius 3 is 2.95 bits per heavy atom. The summed E-state index contributed by atoms with van der Waals surface area (Å²) >= 11 is 0. The van der Waals surface area contributed by atoms with Crippen molar-refractivity contribution in [1.82, 2.24) is 5.32 Å². The highest BCUT2D eigenvalue weighted by Gasteiger charge is 2.22. The van der Waals surface area contributed by atoms with Crippen molar-refractivity contribution < 1.29 is 9.47 Å². The van der Waals surface area contributed by atoms with E-state index in [-0.39, 0.29) is 12.1 Å². The topological polar surface area (TPSA) is 54.3 Å². The third kappa shape index (κ3) is 3.89. The lowest BCUT2D eigenvalue weighted by atomic mass is 10.1. The van der Waals surface area contributed by atoms with Gasteiger partial charge in [-0.15, -0.1) is 0 Å². The van der Waals surface area contributed by atoms with Crippen LogP contribution in [0.5, 0.6) is 11.5 Å². The smallest absolute Gasteiger partial charge is 0.124 e. The van der Waals surface area contributed by atoms with E-state index in [0.29, 0.717) is 19.6 Å².